The number of nitrogens with zero attached hydrogens (tertiary/aromatic N) is 1. The molecule has 5 nitrogen and oxygen atoms in total. The lowest BCUT2D eigenvalue weighted by Crippen LogP contribution is -2.39. The van der Waals surface area contributed by atoms with Crippen molar-refractivity contribution in [2.45, 2.75) is 39.5 Å². The maximum atomic E-state index is 13.0. The molecule has 1 heterocycles. The zero-order valence-electron chi connectivity index (χ0n) is 16.0. The molecule has 1 N–H and O–H groups in total. The first-order valence-corrected chi connectivity index (χ1v) is 9.11. The molecule has 0 amide bonds. The second kappa shape index (κ2) is 7.14. The van der Waals surface area contributed by atoms with Crippen molar-refractivity contribution in [2.75, 3.05) is 6.61 Å². The van der Waals surface area contributed by atoms with Crippen LogP contribution in [0.1, 0.15) is 45.1 Å². The lowest BCUT2D eigenvalue weighted by atomic mass is 9.67. The van der Waals surface area contributed by atoms with Crippen molar-refractivity contribution in [2.24, 2.45) is 16.3 Å². The van der Waals surface area contributed by atoms with E-state index < -0.39 is 17.8 Å². The first-order chi connectivity index (χ1) is 12.7. The minimum absolute atomic E-state index is 0.00682. The monoisotopic (exact) mass is 367 g/mol. The molecule has 0 fully saturated rings. The van der Waals surface area contributed by atoms with Crippen LogP contribution in [-0.2, 0) is 14.3 Å². The number of phenols is 1. The number of esters is 1. The predicted octanol–water partition coefficient (Wildman–Crippen LogP) is 3.94. The van der Waals surface area contributed by atoms with Crippen LogP contribution in [0.3, 0.4) is 0 Å². The van der Waals surface area contributed by atoms with Crippen LogP contribution in [-0.4, -0.2) is 29.2 Å². The summed E-state index contributed by atoms with van der Waals surface area (Å²) in [5.74, 6) is -1.54. The van der Waals surface area contributed by atoms with Gasteiger partial charge < -0.3 is 9.84 Å². The second-order valence-corrected chi connectivity index (χ2v) is 8.02. The highest BCUT2D eigenvalue weighted by molar-refractivity contribution is 6.09. The fourth-order valence-corrected chi connectivity index (χ4v) is 4.06. The SMILES string of the molecule is C=CCOC(=O)C1C(C)=NC2=C(C(=O)CC(C)(C)C2)[C@@H]1c1cccc(O)c1. The fraction of sp³-hybridized carbons (Fsp3) is 0.409. The Morgan fingerprint density at radius 2 is 2.15 bits per heavy atom. The highest BCUT2D eigenvalue weighted by Crippen LogP contribution is 2.48. The van der Waals surface area contributed by atoms with Crippen molar-refractivity contribution in [1.82, 2.24) is 0 Å². The zero-order chi connectivity index (χ0) is 19.8. The maximum absolute atomic E-state index is 13.0. The normalized spacial score (nSPS) is 24.1. The summed E-state index contributed by atoms with van der Waals surface area (Å²) in [5, 5.41) is 9.96. The molecule has 0 radical (unpaired) electrons. The Labute approximate surface area is 159 Å². The summed E-state index contributed by atoms with van der Waals surface area (Å²) in [4.78, 5) is 30.5. The van der Waals surface area contributed by atoms with Gasteiger partial charge in [-0.25, -0.2) is 0 Å². The number of carbonyl (C=O) groups is 2. The van der Waals surface area contributed by atoms with Crippen LogP contribution in [0, 0.1) is 11.3 Å². The third kappa shape index (κ3) is 3.72. The first kappa shape index (κ1) is 19.1. The van der Waals surface area contributed by atoms with Crippen molar-refractivity contribution in [3.63, 3.8) is 0 Å². The van der Waals surface area contributed by atoms with E-state index in [0.717, 1.165) is 5.70 Å². The van der Waals surface area contributed by atoms with Gasteiger partial charge in [-0.2, -0.15) is 0 Å². The maximum Gasteiger partial charge on any atom is 0.315 e. The number of benzene rings is 1. The van der Waals surface area contributed by atoms with Gasteiger partial charge in [-0.05, 0) is 36.5 Å². The van der Waals surface area contributed by atoms with E-state index in [2.05, 4.69) is 11.6 Å². The summed E-state index contributed by atoms with van der Waals surface area (Å²) < 4.78 is 5.30. The van der Waals surface area contributed by atoms with Crippen LogP contribution in [0.2, 0.25) is 0 Å². The van der Waals surface area contributed by atoms with Crippen LogP contribution >= 0.6 is 0 Å². The van der Waals surface area contributed by atoms with Crippen LogP contribution in [0.15, 0.2) is 53.2 Å². The standard InChI is InChI=1S/C22H25NO4/c1-5-9-27-21(26)18-13(2)23-16-11-22(3,4)12-17(25)20(16)19(18)14-7-6-8-15(24)10-14/h5-8,10,18-19,24H,1,9,11-12H2,2-4H3/t18?,19-/m1/s1. The molecule has 1 aliphatic carbocycles. The molecule has 1 aromatic carbocycles. The molecule has 0 saturated carbocycles. The number of aromatic hydroxyl groups is 1. The van der Waals surface area contributed by atoms with E-state index >= 15 is 0 Å². The van der Waals surface area contributed by atoms with Crippen molar-refractivity contribution < 1.29 is 19.4 Å². The van der Waals surface area contributed by atoms with Crippen LogP contribution in [0.5, 0.6) is 5.75 Å². The topological polar surface area (TPSA) is 76.0 Å². The van der Waals surface area contributed by atoms with Gasteiger partial charge >= 0.3 is 5.97 Å². The Hall–Kier alpha value is -2.69. The largest absolute Gasteiger partial charge is 0.508 e. The van der Waals surface area contributed by atoms with Crippen molar-refractivity contribution in [3.8, 4) is 5.75 Å². The summed E-state index contributed by atoms with van der Waals surface area (Å²) >= 11 is 0. The Morgan fingerprint density at radius 1 is 1.41 bits per heavy atom. The van der Waals surface area contributed by atoms with Crippen LogP contribution in [0.25, 0.3) is 0 Å². The molecule has 2 atom stereocenters. The van der Waals surface area contributed by atoms with Gasteiger partial charge in [0.25, 0.3) is 0 Å². The molecule has 142 valence electrons. The van der Waals surface area contributed by atoms with E-state index in [0.29, 0.717) is 29.7 Å². The third-order valence-electron chi connectivity index (χ3n) is 5.13. The molecular formula is C22H25NO4. The number of aliphatic imine (C=N–C) groups is 1. The molecule has 3 rings (SSSR count). The van der Waals surface area contributed by atoms with Gasteiger partial charge in [0, 0.05) is 29.3 Å². The summed E-state index contributed by atoms with van der Waals surface area (Å²) in [6.07, 6.45) is 2.59. The number of Topliss-reactive ketones (excluding diaryl/α,β-unsaturated/α-hetero) is 1. The minimum Gasteiger partial charge on any atom is -0.508 e. The molecular weight excluding hydrogens is 342 g/mol. The third-order valence-corrected chi connectivity index (χ3v) is 5.13. The highest BCUT2D eigenvalue weighted by Gasteiger charge is 2.46. The van der Waals surface area contributed by atoms with Gasteiger partial charge in [-0.15, -0.1) is 0 Å². The lowest BCUT2D eigenvalue weighted by molar-refractivity contribution is -0.145. The van der Waals surface area contributed by atoms with E-state index in [1.54, 1.807) is 25.1 Å². The molecule has 0 bridgehead atoms. The first-order valence-electron chi connectivity index (χ1n) is 9.11. The van der Waals surface area contributed by atoms with Crippen molar-refractivity contribution >= 4 is 17.5 Å². The van der Waals surface area contributed by atoms with Gasteiger partial charge in [0.1, 0.15) is 18.3 Å². The molecule has 2 aliphatic rings. The lowest BCUT2D eigenvalue weighted by Gasteiger charge is -2.39. The minimum atomic E-state index is -0.698. The molecule has 0 aromatic heterocycles. The van der Waals surface area contributed by atoms with Crippen LogP contribution < -0.4 is 0 Å². The second-order valence-electron chi connectivity index (χ2n) is 8.02. The molecule has 1 unspecified atom stereocenters. The number of carbonyl (C=O) groups excluding carboxylic acids is 2. The highest BCUT2D eigenvalue weighted by atomic mass is 16.5. The number of ketones is 1. The van der Waals surface area contributed by atoms with Gasteiger partial charge in [-0.1, -0.05) is 38.6 Å². The molecule has 1 aliphatic heterocycles. The molecule has 1 aromatic rings. The fourth-order valence-electron chi connectivity index (χ4n) is 4.06. The molecule has 27 heavy (non-hydrogen) atoms. The Bertz CT molecular complexity index is 863. The Morgan fingerprint density at radius 3 is 2.81 bits per heavy atom. The van der Waals surface area contributed by atoms with Gasteiger partial charge in [0.05, 0.1) is 0 Å². The molecule has 0 spiro atoms. The summed E-state index contributed by atoms with van der Waals surface area (Å²) in [6, 6.07) is 6.72. The predicted molar refractivity (Wildman–Crippen MR) is 104 cm³/mol. The summed E-state index contributed by atoms with van der Waals surface area (Å²) in [5.41, 5.74) is 2.49. The van der Waals surface area contributed by atoms with Crippen LogP contribution in [0.4, 0.5) is 0 Å². The number of hydrogen-bond acceptors (Lipinski definition) is 5. The Balaban J connectivity index is 2.15. The molecule has 5 heteroatoms. The van der Waals surface area contributed by atoms with Crippen molar-refractivity contribution in [3.05, 3.63) is 53.8 Å². The number of phenolic OH excluding ortho intramolecular Hbond substituents is 1. The Kier molecular flexibility index (Phi) is 5.05. The summed E-state index contributed by atoms with van der Waals surface area (Å²) in [7, 11) is 0. The zero-order valence-corrected chi connectivity index (χ0v) is 16.0. The van der Waals surface area contributed by atoms with Crippen molar-refractivity contribution in [1.29, 1.82) is 0 Å². The summed E-state index contributed by atoms with van der Waals surface area (Å²) in [6.45, 7) is 9.57. The average Bonchev–Trinajstić information content (AvgIpc) is 2.57. The smallest absolute Gasteiger partial charge is 0.315 e. The van der Waals surface area contributed by atoms with Gasteiger partial charge in [-0.3, -0.25) is 14.6 Å². The number of allylic oxidation sites excluding steroid dienone is 2. The quantitative estimate of drug-likeness (QED) is 0.646. The number of rotatable bonds is 4. The average molecular weight is 367 g/mol. The number of hydrogen-bond donors (Lipinski definition) is 1. The van der Waals surface area contributed by atoms with Gasteiger partial charge in [0.2, 0.25) is 0 Å². The van der Waals surface area contributed by atoms with E-state index in [-0.39, 0.29) is 23.6 Å². The number of ether oxygens (including phenoxy) is 1. The molecule has 0 saturated heterocycles. The van der Waals surface area contributed by atoms with E-state index in [1.165, 1.54) is 6.08 Å². The van der Waals surface area contributed by atoms with Gasteiger partial charge in [0.15, 0.2) is 5.78 Å². The van der Waals surface area contributed by atoms with E-state index in [1.807, 2.05) is 19.9 Å². The van der Waals surface area contributed by atoms with E-state index in [9.17, 15) is 14.7 Å². The van der Waals surface area contributed by atoms with E-state index in [4.69, 9.17) is 4.74 Å².